The maximum atomic E-state index is 8.76. The van der Waals surface area contributed by atoms with Crippen LogP contribution in [0.2, 0.25) is 0 Å². The van der Waals surface area contributed by atoms with Crippen LogP contribution in [0.15, 0.2) is 18.2 Å². The Labute approximate surface area is 95.3 Å². The number of methoxy groups -OCH3 is 1. The van der Waals surface area contributed by atoms with Gasteiger partial charge in [-0.3, -0.25) is 0 Å². The van der Waals surface area contributed by atoms with Crippen molar-refractivity contribution in [1.82, 2.24) is 4.98 Å². The number of pyridine rings is 1. The molecule has 1 N–H and O–H groups in total. The van der Waals surface area contributed by atoms with Gasteiger partial charge in [-0.15, -0.1) is 0 Å². The van der Waals surface area contributed by atoms with E-state index >= 15 is 0 Å². The van der Waals surface area contributed by atoms with Crippen LogP contribution >= 0.6 is 0 Å². The highest BCUT2D eigenvalue weighted by Crippen LogP contribution is 2.24. The van der Waals surface area contributed by atoms with E-state index in [-0.39, 0.29) is 6.10 Å². The normalized spacial score (nSPS) is 24.0. The molecule has 1 aromatic heterocycles. The van der Waals surface area contributed by atoms with Crippen molar-refractivity contribution in [3.63, 3.8) is 0 Å². The SMILES string of the molecule is CO[C@@H]1CCC[C@H]1Nc1cccc(C#N)n1. The van der Waals surface area contributed by atoms with Crippen LogP contribution in [0.5, 0.6) is 0 Å². The first-order chi connectivity index (χ1) is 7.83. The van der Waals surface area contributed by atoms with E-state index in [4.69, 9.17) is 10.00 Å². The highest BCUT2D eigenvalue weighted by Gasteiger charge is 2.27. The lowest BCUT2D eigenvalue weighted by atomic mass is 10.2. The van der Waals surface area contributed by atoms with Crippen molar-refractivity contribution >= 4 is 5.82 Å². The summed E-state index contributed by atoms with van der Waals surface area (Å²) in [4.78, 5) is 4.20. The van der Waals surface area contributed by atoms with Gasteiger partial charge in [-0.05, 0) is 31.4 Å². The van der Waals surface area contributed by atoms with E-state index in [1.54, 1.807) is 13.2 Å². The monoisotopic (exact) mass is 217 g/mol. The van der Waals surface area contributed by atoms with Gasteiger partial charge in [0.2, 0.25) is 0 Å². The van der Waals surface area contributed by atoms with Crippen molar-refractivity contribution in [1.29, 1.82) is 5.26 Å². The summed E-state index contributed by atoms with van der Waals surface area (Å²) in [5.41, 5.74) is 0.442. The van der Waals surface area contributed by atoms with E-state index in [1.165, 1.54) is 6.42 Å². The summed E-state index contributed by atoms with van der Waals surface area (Å²) in [5, 5.41) is 12.1. The van der Waals surface area contributed by atoms with Crippen LogP contribution in [-0.4, -0.2) is 24.2 Å². The zero-order valence-corrected chi connectivity index (χ0v) is 9.31. The van der Waals surface area contributed by atoms with Crippen molar-refractivity contribution in [3.8, 4) is 6.07 Å². The smallest absolute Gasteiger partial charge is 0.142 e. The van der Waals surface area contributed by atoms with Gasteiger partial charge in [0.1, 0.15) is 17.6 Å². The fourth-order valence-electron chi connectivity index (χ4n) is 2.14. The van der Waals surface area contributed by atoms with Crippen LogP contribution in [-0.2, 0) is 4.74 Å². The number of aromatic nitrogens is 1. The second kappa shape index (κ2) is 4.95. The molecule has 0 amide bonds. The van der Waals surface area contributed by atoms with Crippen LogP contribution in [0.25, 0.3) is 0 Å². The summed E-state index contributed by atoms with van der Waals surface area (Å²) in [6.45, 7) is 0. The van der Waals surface area contributed by atoms with E-state index in [2.05, 4.69) is 10.3 Å². The Morgan fingerprint density at radius 2 is 2.38 bits per heavy atom. The summed E-state index contributed by atoms with van der Waals surface area (Å²) < 4.78 is 5.40. The molecule has 2 rings (SSSR count). The van der Waals surface area contributed by atoms with E-state index in [0.717, 1.165) is 18.7 Å². The predicted octanol–water partition coefficient (Wildman–Crippen LogP) is 1.93. The largest absolute Gasteiger partial charge is 0.379 e. The molecule has 1 aliphatic carbocycles. The number of rotatable bonds is 3. The Hall–Kier alpha value is -1.60. The first kappa shape index (κ1) is 10.9. The highest BCUT2D eigenvalue weighted by atomic mass is 16.5. The number of nitrogens with zero attached hydrogens (tertiary/aromatic N) is 2. The second-order valence-electron chi connectivity index (χ2n) is 3.98. The van der Waals surface area contributed by atoms with Gasteiger partial charge >= 0.3 is 0 Å². The Kier molecular flexibility index (Phi) is 3.37. The maximum Gasteiger partial charge on any atom is 0.142 e. The average Bonchev–Trinajstić information content (AvgIpc) is 2.76. The topological polar surface area (TPSA) is 57.9 Å². The van der Waals surface area contributed by atoms with Crippen LogP contribution in [0.3, 0.4) is 0 Å². The lowest BCUT2D eigenvalue weighted by Gasteiger charge is -2.20. The van der Waals surface area contributed by atoms with Gasteiger partial charge < -0.3 is 10.1 Å². The molecule has 1 fully saturated rings. The number of ether oxygens (including phenoxy) is 1. The van der Waals surface area contributed by atoms with Gasteiger partial charge in [0.15, 0.2) is 0 Å². The van der Waals surface area contributed by atoms with Gasteiger partial charge in [-0.25, -0.2) is 4.98 Å². The van der Waals surface area contributed by atoms with Gasteiger partial charge in [-0.2, -0.15) is 5.26 Å². The molecule has 0 spiro atoms. The minimum absolute atomic E-state index is 0.257. The molecule has 84 valence electrons. The lowest BCUT2D eigenvalue weighted by molar-refractivity contribution is 0.101. The molecule has 0 aromatic carbocycles. The molecule has 0 aliphatic heterocycles. The summed E-state index contributed by atoms with van der Waals surface area (Å²) >= 11 is 0. The van der Waals surface area contributed by atoms with E-state index < -0.39 is 0 Å². The Bertz CT molecular complexity index is 399. The fraction of sp³-hybridized carbons (Fsp3) is 0.500. The molecule has 0 unspecified atom stereocenters. The lowest BCUT2D eigenvalue weighted by Crippen LogP contribution is -2.30. The molecule has 0 radical (unpaired) electrons. The molecule has 4 heteroatoms. The van der Waals surface area contributed by atoms with Crippen LogP contribution in [0.1, 0.15) is 25.0 Å². The van der Waals surface area contributed by atoms with Crippen molar-refractivity contribution in [2.75, 3.05) is 12.4 Å². The molecular formula is C12H15N3O. The molecule has 1 aromatic rings. The van der Waals surface area contributed by atoms with Crippen molar-refractivity contribution < 1.29 is 4.74 Å². The van der Waals surface area contributed by atoms with E-state index in [1.807, 2.05) is 18.2 Å². The predicted molar refractivity (Wildman–Crippen MR) is 61.0 cm³/mol. The fourth-order valence-corrected chi connectivity index (χ4v) is 2.14. The molecule has 1 aliphatic rings. The average molecular weight is 217 g/mol. The summed E-state index contributed by atoms with van der Waals surface area (Å²) in [6.07, 6.45) is 3.62. The molecule has 0 bridgehead atoms. The molecule has 1 saturated carbocycles. The van der Waals surface area contributed by atoms with E-state index in [0.29, 0.717) is 11.7 Å². The first-order valence-corrected chi connectivity index (χ1v) is 5.50. The zero-order chi connectivity index (χ0) is 11.4. The molecule has 4 nitrogen and oxygen atoms in total. The van der Waals surface area contributed by atoms with Crippen molar-refractivity contribution in [3.05, 3.63) is 23.9 Å². The molecule has 0 saturated heterocycles. The minimum Gasteiger partial charge on any atom is -0.379 e. The first-order valence-electron chi connectivity index (χ1n) is 5.50. The number of nitriles is 1. The molecular weight excluding hydrogens is 202 g/mol. The van der Waals surface area contributed by atoms with Crippen molar-refractivity contribution in [2.45, 2.75) is 31.4 Å². The van der Waals surface area contributed by atoms with Crippen LogP contribution < -0.4 is 5.32 Å². The standard InChI is InChI=1S/C12H15N3O/c1-16-11-6-3-5-10(11)15-12-7-2-4-9(8-13)14-12/h2,4,7,10-11H,3,5-6H2,1H3,(H,14,15)/t10-,11-/m1/s1. The van der Waals surface area contributed by atoms with Gasteiger partial charge in [0.25, 0.3) is 0 Å². The highest BCUT2D eigenvalue weighted by molar-refractivity contribution is 5.39. The number of hydrogen-bond donors (Lipinski definition) is 1. The Morgan fingerprint density at radius 1 is 1.50 bits per heavy atom. The third-order valence-corrected chi connectivity index (χ3v) is 2.95. The van der Waals surface area contributed by atoms with Crippen LogP contribution in [0, 0.1) is 11.3 Å². The number of hydrogen-bond acceptors (Lipinski definition) is 4. The van der Waals surface area contributed by atoms with E-state index in [9.17, 15) is 0 Å². The molecule has 16 heavy (non-hydrogen) atoms. The third kappa shape index (κ3) is 2.31. The molecule has 1 heterocycles. The number of nitrogens with one attached hydrogen (secondary N) is 1. The van der Waals surface area contributed by atoms with Gasteiger partial charge in [-0.1, -0.05) is 6.07 Å². The zero-order valence-electron chi connectivity index (χ0n) is 9.31. The van der Waals surface area contributed by atoms with Gasteiger partial charge in [0, 0.05) is 7.11 Å². The minimum atomic E-state index is 0.257. The Balaban J connectivity index is 2.06. The van der Waals surface area contributed by atoms with Gasteiger partial charge in [0.05, 0.1) is 12.1 Å². The third-order valence-electron chi connectivity index (χ3n) is 2.95. The Morgan fingerprint density at radius 3 is 3.12 bits per heavy atom. The maximum absolute atomic E-state index is 8.76. The summed E-state index contributed by atoms with van der Waals surface area (Å²) in [5.74, 6) is 0.757. The van der Waals surface area contributed by atoms with Crippen molar-refractivity contribution in [2.24, 2.45) is 0 Å². The second-order valence-corrected chi connectivity index (χ2v) is 3.98. The molecule has 2 atom stereocenters. The summed E-state index contributed by atoms with van der Waals surface area (Å²) in [7, 11) is 1.74. The number of anilines is 1. The summed E-state index contributed by atoms with van der Waals surface area (Å²) in [6, 6.07) is 7.77. The quantitative estimate of drug-likeness (QED) is 0.840. The van der Waals surface area contributed by atoms with Crippen LogP contribution in [0.4, 0.5) is 5.82 Å².